The summed E-state index contributed by atoms with van der Waals surface area (Å²) >= 11 is 1.51. The van der Waals surface area contributed by atoms with E-state index in [9.17, 15) is 9.18 Å². The standard InChI is InChI=1S/C18H19FN4OS/c1-11-5-6-14(25-11)17(24)23-9-7-18(8-10-23)21-13-4-2-3-12(19)15(13)16(20)22-18/h2-6,21H,7-10H2,1H3,(H2,20,22). The van der Waals surface area contributed by atoms with Crippen LogP contribution >= 0.6 is 11.3 Å². The minimum absolute atomic E-state index is 0.0622. The fourth-order valence-electron chi connectivity index (χ4n) is 3.48. The molecule has 0 atom stereocenters. The molecule has 2 aliphatic heterocycles. The maximum Gasteiger partial charge on any atom is 0.263 e. The van der Waals surface area contributed by atoms with Crippen LogP contribution in [0.15, 0.2) is 35.3 Å². The molecule has 1 saturated heterocycles. The molecule has 2 aromatic rings. The molecule has 3 N–H and O–H groups in total. The Morgan fingerprint density at radius 1 is 1.32 bits per heavy atom. The van der Waals surface area contributed by atoms with Gasteiger partial charge >= 0.3 is 0 Å². The fraction of sp³-hybridized carbons (Fsp3) is 0.333. The van der Waals surface area contributed by atoms with Gasteiger partial charge in [-0.2, -0.15) is 0 Å². The number of aliphatic imine (C=N–C) groups is 1. The summed E-state index contributed by atoms with van der Waals surface area (Å²) in [5.41, 5.74) is 6.47. The summed E-state index contributed by atoms with van der Waals surface area (Å²) in [6.07, 6.45) is 1.28. The summed E-state index contributed by atoms with van der Waals surface area (Å²) in [7, 11) is 0. The summed E-state index contributed by atoms with van der Waals surface area (Å²) in [5.74, 6) is -0.0885. The second-order valence-electron chi connectivity index (χ2n) is 6.52. The number of hydrogen-bond acceptors (Lipinski definition) is 5. The van der Waals surface area contributed by atoms with Gasteiger partial charge in [-0.05, 0) is 31.2 Å². The number of amides is 1. The summed E-state index contributed by atoms with van der Waals surface area (Å²) in [5, 5.41) is 3.34. The molecule has 1 fully saturated rings. The highest BCUT2D eigenvalue weighted by Crippen LogP contribution is 2.35. The van der Waals surface area contributed by atoms with Crippen LogP contribution < -0.4 is 11.1 Å². The lowest BCUT2D eigenvalue weighted by Crippen LogP contribution is -2.52. The first kappa shape index (κ1) is 16.1. The Hall–Kier alpha value is -2.41. The summed E-state index contributed by atoms with van der Waals surface area (Å²) < 4.78 is 14.0. The van der Waals surface area contributed by atoms with Crippen molar-refractivity contribution < 1.29 is 9.18 Å². The molecule has 1 amide bonds. The van der Waals surface area contributed by atoms with Crippen LogP contribution in [0.3, 0.4) is 0 Å². The van der Waals surface area contributed by atoms with Gasteiger partial charge < -0.3 is 16.0 Å². The van der Waals surface area contributed by atoms with Crippen LogP contribution in [0.2, 0.25) is 0 Å². The second kappa shape index (κ2) is 5.84. The Kier molecular flexibility index (Phi) is 3.76. The lowest BCUT2D eigenvalue weighted by atomic mass is 9.93. The molecular formula is C18H19FN4OS. The highest BCUT2D eigenvalue weighted by Gasteiger charge is 2.39. The molecular weight excluding hydrogens is 339 g/mol. The number of amidine groups is 1. The maximum atomic E-state index is 14.0. The van der Waals surface area contributed by atoms with E-state index in [4.69, 9.17) is 5.73 Å². The van der Waals surface area contributed by atoms with E-state index in [1.807, 2.05) is 30.0 Å². The number of fused-ring (bicyclic) bond motifs is 1. The second-order valence-corrected chi connectivity index (χ2v) is 7.81. The Balaban J connectivity index is 1.52. The number of halogens is 1. The number of nitrogens with one attached hydrogen (secondary N) is 1. The molecule has 1 aromatic heterocycles. The minimum Gasteiger partial charge on any atom is -0.383 e. The molecule has 2 aliphatic rings. The van der Waals surface area contributed by atoms with Crippen LogP contribution in [0.4, 0.5) is 10.1 Å². The molecule has 130 valence electrons. The first-order valence-electron chi connectivity index (χ1n) is 8.26. The van der Waals surface area contributed by atoms with Crippen molar-refractivity contribution in [1.29, 1.82) is 0 Å². The zero-order valence-electron chi connectivity index (χ0n) is 13.9. The molecule has 5 nitrogen and oxygen atoms in total. The van der Waals surface area contributed by atoms with Gasteiger partial charge in [0.2, 0.25) is 0 Å². The smallest absolute Gasteiger partial charge is 0.263 e. The van der Waals surface area contributed by atoms with Crippen molar-refractivity contribution in [2.24, 2.45) is 10.7 Å². The number of thiophene rings is 1. The molecule has 4 rings (SSSR count). The molecule has 1 aromatic carbocycles. The van der Waals surface area contributed by atoms with Gasteiger partial charge in [0.15, 0.2) is 0 Å². The van der Waals surface area contributed by atoms with E-state index in [1.54, 1.807) is 6.07 Å². The predicted molar refractivity (Wildman–Crippen MR) is 97.7 cm³/mol. The van der Waals surface area contributed by atoms with Gasteiger partial charge in [-0.1, -0.05) is 6.07 Å². The lowest BCUT2D eigenvalue weighted by Gasteiger charge is -2.42. The number of piperidine rings is 1. The third kappa shape index (κ3) is 2.78. The van der Waals surface area contributed by atoms with Gasteiger partial charge in [0.05, 0.1) is 10.4 Å². The monoisotopic (exact) mass is 358 g/mol. The number of nitrogens with zero attached hydrogens (tertiary/aromatic N) is 2. The van der Waals surface area contributed by atoms with Crippen LogP contribution in [0, 0.1) is 12.7 Å². The van der Waals surface area contributed by atoms with Crippen molar-refractivity contribution in [3.8, 4) is 0 Å². The van der Waals surface area contributed by atoms with Crippen molar-refractivity contribution in [1.82, 2.24) is 4.90 Å². The number of benzene rings is 1. The number of nitrogens with two attached hydrogens (primary N) is 1. The largest absolute Gasteiger partial charge is 0.383 e. The highest BCUT2D eigenvalue weighted by molar-refractivity contribution is 7.13. The number of carbonyl (C=O) groups excluding carboxylic acids is 1. The topological polar surface area (TPSA) is 70.7 Å². The third-order valence-corrected chi connectivity index (χ3v) is 5.79. The van der Waals surface area contributed by atoms with Crippen LogP contribution in [0.5, 0.6) is 0 Å². The Bertz CT molecular complexity index is 868. The third-order valence-electron chi connectivity index (χ3n) is 4.80. The summed E-state index contributed by atoms with van der Waals surface area (Å²) in [6, 6.07) is 8.69. The minimum atomic E-state index is -0.562. The molecule has 1 spiro atoms. The Morgan fingerprint density at radius 2 is 2.08 bits per heavy atom. The molecule has 0 bridgehead atoms. The van der Waals surface area contributed by atoms with E-state index >= 15 is 0 Å². The average Bonchev–Trinajstić information content (AvgIpc) is 3.01. The molecule has 3 heterocycles. The van der Waals surface area contributed by atoms with E-state index in [2.05, 4.69) is 10.3 Å². The van der Waals surface area contributed by atoms with Crippen molar-refractivity contribution in [2.75, 3.05) is 18.4 Å². The van der Waals surface area contributed by atoms with E-state index < -0.39 is 5.66 Å². The van der Waals surface area contributed by atoms with Gasteiger partial charge in [-0.15, -0.1) is 11.3 Å². The summed E-state index contributed by atoms with van der Waals surface area (Å²) in [6.45, 7) is 3.17. The van der Waals surface area contributed by atoms with Gasteiger partial charge in [0.25, 0.3) is 5.91 Å². The lowest BCUT2D eigenvalue weighted by molar-refractivity contribution is 0.0690. The first-order chi connectivity index (χ1) is 12.0. The number of hydrogen-bond donors (Lipinski definition) is 2. The normalized spacial score (nSPS) is 18.5. The number of anilines is 1. The molecule has 0 aliphatic carbocycles. The van der Waals surface area contributed by atoms with Crippen molar-refractivity contribution >= 4 is 28.8 Å². The molecule has 0 unspecified atom stereocenters. The quantitative estimate of drug-likeness (QED) is 0.823. The highest BCUT2D eigenvalue weighted by atomic mass is 32.1. The van der Waals surface area contributed by atoms with Crippen LogP contribution in [-0.2, 0) is 0 Å². The van der Waals surface area contributed by atoms with E-state index in [-0.39, 0.29) is 17.6 Å². The van der Waals surface area contributed by atoms with Gasteiger partial charge in [0.1, 0.15) is 17.3 Å². The Morgan fingerprint density at radius 3 is 2.76 bits per heavy atom. The molecule has 0 radical (unpaired) electrons. The molecule has 0 saturated carbocycles. The molecule has 25 heavy (non-hydrogen) atoms. The predicted octanol–water partition coefficient (Wildman–Crippen LogP) is 2.96. The van der Waals surface area contributed by atoms with Crippen molar-refractivity contribution in [2.45, 2.75) is 25.4 Å². The molecule has 7 heteroatoms. The van der Waals surface area contributed by atoms with Gasteiger partial charge in [-0.3, -0.25) is 4.79 Å². The van der Waals surface area contributed by atoms with Gasteiger partial charge in [-0.25, -0.2) is 9.38 Å². The Labute approximate surface area is 149 Å². The number of aryl methyl sites for hydroxylation is 1. The van der Waals surface area contributed by atoms with Crippen LogP contribution in [-0.4, -0.2) is 35.4 Å². The van der Waals surface area contributed by atoms with E-state index in [1.165, 1.54) is 17.4 Å². The maximum absolute atomic E-state index is 14.0. The summed E-state index contributed by atoms with van der Waals surface area (Å²) in [4.78, 5) is 20.9. The zero-order valence-corrected chi connectivity index (χ0v) is 14.7. The average molecular weight is 358 g/mol. The van der Waals surface area contributed by atoms with Crippen LogP contribution in [0.25, 0.3) is 0 Å². The van der Waals surface area contributed by atoms with E-state index in [0.29, 0.717) is 37.2 Å². The van der Waals surface area contributed by atoms with E-state index in [0.717, 1.165) is 9.75 Å². The van der Waals surface area contributed by atoms with Gasteiger partial charge in [0, 0.05) is 36.5 Å². The number of likely N-dealkylation sites (tertiary alicyclic amines) is 1. The number of rotatable bonds is 1. The number of carbonyl (C=O) groups is 1. The first-order valence-corrected chi connectivity index (χ1v) is 9.07. The zero-order chi connectivity index (χ0) is 17.6. The van der Waals surface area contributed by atoms with Crippen LogP contribution in [0.1, 0.15) is 33.0 Å². The SMILES string of the molecule is Cc1ccc(C(=O)N2CCC3(CC2)N=C(N)c2c(F)cccc2N3)s1. The van der Waals surface area contributed by atoms with Crippen molar-refractivity contribution in [3.63, 3.8) is 0 Å². The van der Waals surface area contributed by atoms with Crippen molar-refractivity contribution in [3.05, 3.63) is 51.5 Å². The fourth-order valence-corrected chi connectivity index (χ4v) is 4.31.